The summed E-state index contributed by atoms with van der Waals surface area (Å²) >= 11 is 0. The lowest BCUT2D eigenvalue weighted by Gasteiger charge is -2.34. The van der Waals surface area contributed by atoms with Gasteiger partial charge in [0.2, 0.25) is 10.0 Å². The highest BCUT2D eigenvalue weighted by Crippen LogP contribution is 2.57. The molecule has 1 aliphatic heterocycles. The van der Waals surface area contributed by atoms with Gasteiger partial charge >= 0.3 is 0 Å². The SMILES string of the molecule is CNC(=O)c1c(-c2ccc(F)cc2)oc2cc3c(cc12)C1(CCN3S(C)(=O)=O)CC1. The van der Waals surface area contributed by atoms with Crippen LogP contribution in [0.15, 0.2) is 40.8 Å². The van der Waals surface area contributed by atoms with Gasteiger partial charge in [0.15, 0.2) is 0 Å². The maximum Gasteiger partial charge on any atom is 0.255 e. The smallest absolute Gasteiger partial charge is 0.255 e. The minimum atomic E-state index is -3.44. The summed E-state index contributed by atoms with van der Waals surface area (Å²) in [5.41, 5.74) is 2.91. The van der Waals surface area contributed by atoms with Crippen molar-refractivity contribution in [3.63, 3.8) is 0 Å². The van der Waals surface area contributed by atoms with Crippen molar-refractivity contribution in [1.29, 1.82) is 0 Å². The summed E-state index contributed by atoms with van der Waals surface area (Å²) in [5, 5.41) is 3.28. The van der Waals surface area contributed by atoms with Crippen molar-refractivity contribution in [2.75, 3.05) is 24.2 Å². The molecule has 1 fully saturated rings. The largest absolute Gasteiger partial charge is 0.455 e. The van der Waals surface area contributed by atoms with Gasteiger partial charge in [-0.15, -0.1) is 0 Å². The molecule has 1 amide bonds. The molecule has 1 spiro atoms. The van der Waals surface area contributed by atoms with E-state index in [2.05, 4.69) is 5.32 Å². The molecule has 0 bridgehead atoms. The first-order valence-corrected chi connectivity index (χ1v) is 11.7. The lowest BCUT2D eigenvalue weighted by Crippen LogP contribution is -2.38. The molecule has 156 valence electrons. The average molecular weight is 428 g/mol. The van der Waals surface area contributed by atoms with Crippen molar-refractivity contribution in [2.45, 2.75) is 24.7 Å². The summed E-state index contributed by atoms with van der Waals surface area (Å²) in [4.78, 5) is 12.8. The second-order valence-corrected chi connectivity index (χ2v) is 10.0. The molecular formula is C22H21FN2O4S. The molecule has 8 heteroatoms. The van der Waals surface area contributed by atoms with Crippen LogP contribution in [0, 0.1) is 5.82 Å². The van der Waals surface area contributed by atoms with Crippen LogP contribution in [0.1, 0.15) is 35.2 Å². The summed E-state index contributed by atoms with van der Waals surface area (Å²) in [6.45, 7) is 0.436. The van der Waals surface area contributed by atoms with E-state index in [0.717, 1.165) is 24.8 Å². The highest BCUT2D eigenvalue weighted by atomic mass is 32.2. The number of furan rings is 1. The van der Waals surface area contributed by atoms with Crippen molar-refractivity contribution in [3.05, 3.63) is 53.3 Å². The van der Waals surface area contributed by atoms with E-state index < -0.39 is 10.0 Å². The molecule has 1 aliphatic carbocycles. The fourth-order valence-corrected chi connectivity index (χ4v) is 5.43. The number of amides is 1. The van der Waals surface area contributed by atoms with Crippen LogP contribution in [-0.4, -0.2) is 34.2 Å². The van der Waals surface area contributed by atoms with E-state index in [4.69, 9.17) is 4.42 Å². The van der Waals surface area contributed by atoms with E-state index in [1.807, 2.05) is 6.07 Å². The van der Waals surface area contributed by atoms with E-state index in [-0.39, 0.29) is 17.1 Å². The molecule has 3 aromatic rings. The third-order valence-electron chi connectivity index (χ3n) is 6.25. The van der Waals surface area contributed by atoms with Gasteiger partial charge in [0.05, 0.1) is 17.5 Å². The fourth-order valence-electron chi connectivity index (χ4n) is 4.50. The van der Waals surface area contributed by atoms with Crippen LogP contribution in [-0.2, 0) is 15.4 Å². The summed E-state index contributed by atoms with van der Waals surface area (Å²) in [6.07, 6.45) is 3.96. The number of fused-ring (bicyclic) bond motifs is 3. The first-order chi connectivity index (χ1) is 14.2. The Morgan fingerprint density at radius 1 is 1.17 bits per heavy atom. The molecule has 2 aromatic carbocycles. The van der Waals surface area contributed by atoms with Crippen LogP contribution in [0.25, 0.3) is 22.3 Å². The van der Waals surface area contributed by atoms with Gasteiger partial charge in [0, 0.05) is 30.6 Å². The summed E-state index contributed by atoms with van der Waals surface area (Å²) in [6, 6.07) is 9.38. The molecule has 0 atom stereocenters. The molecule has 5 rings (SSSR count). The number of carbonyl (C=O) groups is 1. The maximum atomic E-state index is 13.4. The zero-order valence-corrected chi connectivity index (χ0v) is 17.5. The van der Waals surface area contributed by atoms with Gasteiger partial charge in [-0.3, -0.25) is 9.10 Å². The summed E-state index contributed by atoms with van der Waals surface area (Å²) < 4.78 is 45.7. The van der Waals surface area contributed by atoms with Gasteiger partial charge in [0.1, 0.15) is 17.2 Å². The average Bonchev–Trinajstić information content (AvgIpc) is 3.38. The Morgan fingerprint density at radius 3 is 2.47 bits per heavy atom. The zero-order chi connectivity index (χ0) is 21.3. The van der Waals surface area contributed by atoms with Crippen LogP contribution < -0.4 is 9.62 Å². The Labute approximate surface area is 173 Å². The second kappa shape index (κ2) is 6.31. The summed E-state index contributed by atoms with van der Waals surface area (Å²) in [5.74, 6) is -0.359. The molecule has 1 aromatic heterocycles. The van der Waals surface area contributed by atoms with Crippen molar-refractivity contribution in [2.24, 2.45) is 0 Å². The topological polar surface area (TPSA) is 79.6 Å². The van der Waals surface area contributed by atoms with Crippen LogP contribution >= 0.6 is 0 Å². The molecule has 2 aliphatic rings. The second-order valence-electron chi connectivity index (χ2n) is 8.12. The zero-order valence-electron chi connectivity index (χ0n) is 16.7. The number of carbonyl (C=O) groups excluding carboxylic acids is 1. The molecule has 6 nitrogen and oxygen atoms in total. The predicted molar refractivity (Wildman–Crippen MR) is 113 cm³/mol. The Hall–Kier alpha value is -2.87. The van der Waals surface area contributed by atoms with Crippen molar-refractivity contribution in [3.8, 4) is 11.3 Å². The third-order valence-corrected chi connectivity index (χ3v) is 7.43. The highest BCUT2D eigenvalue weighted by molar-refractivity contribution is 7.92. The number of hydrogen-bond donors (Lipinski definition) is 1. The number of anilines is 1. The van der Waals surface area contributed by atoms with E-state index in [1.165, 1.54) is 22.7 Å². The van der Waals surface area contributed by atoms with E-state index in [1.54, 1.807) is 25.2 Å². The number of nitrogens with one attached hydrogen (secondary N) is 1. The lowest BCUT2D eigenvalue weighted by molar-refractivity contribution is 0.0964. The number of nitrogens with zero attached hydrogens (tertiary/aromatic N) is 1. The lowest BCUT2D eigenvalue weighted by atomic mass is 9.86. The van der Waals surface area contributed by atoms with Crippen molar-refractivity contribution < 1.29 is 22.0 Å². The number of sulfonamides is 1. The van der Waals surface area contributed by atoms with Gasteiger partial charge in [-0.05, 0) is 60.6 Å². The number of halogens is 1. The van der Waals surface area contributed by atoms with Crippen LogP contribution in [0.5, 0.6) is 0 Å². The fraction of sp³-hybridized carbons (Fsp3) is 0.318. The van der Waals surface area contributed by atoms with Crippen molar-refractivity contribution >= 4 is 32.6 Å². The van der Waals surface area contributed by atoms with Gasteiger partial charge in [-0.1, -0.05) is 0 Å². The van der Waals surface area contributed by atoms with Gasteiger partial charge < -0.3 is 9.73 Å². The van der Waals surface area contributed by atoms with E-state index in [0.29, 0.717) is 40.1 Å². The van der Waals surface area contributed by atoms with Gasteiger partial charge in [-0.25, -0.2) is 12.8 Å². The van der Waals surface area contributed by atoms with Crippen molar-refractivity contribution in [1.82, 2.24) is 5.32 Å². The van der Waals surface area contributed by atoms with Crippen LogP contribution in [0.2, 0.25) is 0 Å². The van der Waals surface area contributed by atoms with E-state index in [9.17, 15) is 17.6 Å². The number of benzene rings is 2. The quantitative estimate of drug-likeness (QED) is 0.688. The molecule has 0 saturated heterocycles. The molecule has 1 N–H and O–H groups in total. The molecule has 1 saturated carbocycles. The first kappa shape index (κ1) is 19.1. The monoisotopic (exact) mass is 428 g/mol. The molecular weight excluding hydrogens is 407 g/mol. The number of rotatable bonds is 3. The Morgan fingerprint density at radius 2 is 1.87 bits per heavy atom. The van der Waals surface area contributed by atoms with Crippen LogP contribution in [0.4, 0.5) is 10.1 Å². The van der Waals surface area contributed by atoms with Crippen LogP contribution in [0.3, 0.4) is 0 Å². The van der Waals surface area contributed by atoms with Gasteiger partial charge in [0.25, 0.3) is 5.91 Å². The minimum Gasteiger partial charge on any atom is -0.455 e. The summed E-state index contributed by atoms with van der Waals surface area (Å²) in [7, 11) is -1.90. The van der Waals surface area contributed by atoms with Gasteiger partial charge in [-0.2, -0.15) is 0 Å². The standard InChI is InChI=1S/C22H21FN2O4S/c1-24-21(26)19-15-11-16-17(25(30(2,27)28)10-9-22(16)7-8-22)12-18(15)29-20(19)13-3-5-14(23)6-4-13/h3-6,11-12H,7-10H2,1-2H3,(H,24,26). The third kappa shape index (κ3) is 2.81. The number of hydrogen-bond acceptors (Lipinski definition) is 4. The normalized spacial score (nSPS) is 17.2. The Bertz CT molecular complexity index is 1290. The molecule has 30 heavy (non-hydrogen) atoms. The Kier molecular flexibility index (Phi) is 4.02. The first-order valence-electron chi connectivity index (χ1n) is 9.80. The highest BCUT2D eigenvalue weighted by Gasteiger charge is 2.50. The maximum absolute atomic E-state index is 13.4. The Balaban J connectivity index is 1.80. The minimum absolute atomic E-state index is 0.0298. The molecule has 0 radical (unpaired) electrons. The van der Waals surface area contributed by atoms with E-state index >= 15 is 0 Å². The molecule has 2 heterocycles. The predicted octanol–water partition coefficient (Wildman–Crippen LogP) is 3.80. The molecule has 0 unspecified atom stereocenters.